The van der Waals surface area contributed by atoms with Crippen LogP contribution in [-0.4, -0.2) is 51.7 Å². The van der Waals surface area contributed by atoms with E-state index in [-0.39, 0.29) is 12.6 Å². The van der Waals surface area contributed by atoms with Crippen molar-refractivity contribution in [1.29, 1.82) is 0 Å². The van der Waals surface area contributed by atoms with Gasteiger partial charge in [0.05, 0.1) is 25.6 Å². The lowest BCUT2D eigenvalue weighted by atomic mass is 10.2. The maximum Gasteiger partial charge on any atom is 0.211 e. The predicted octanol–water partition coefficient (Wildman–Crippen LogP) is -0.806. The molecule has 1 unspecified atom stereocenters. The topological polar surface area (TPSA) is 88.3 Å². The Kier molecular flexibility index (Phi) is 3.45. The average Bonchev–Trinajstić information content (AvgIpc) is 2.85. The van der Waals surface area contributed by atoms with E-state index in [0.717, 1.165) is 12.8 Å². The van der Waals surface area contributed by atoms with Crippen LogP contribution in [0.15, 0.2) is 6.20 Å². The molecule has 1 N–H and O–H groups in total. The van der Waals surface area contributed by atoms with E-state index in [1.807, 2.05) is 0 Å². The fourth-order valence-corrected chi connectivity index (χ4v) is 3.32. The van der Waals surface area contributed by atoms with E-state index in [0.29, 0.717) is 18.8 Å². The Balaban J connectivity index is 2.08. The highest BCUT2D eigenvalue weighted by Crippen LogP contribution is 2.21. The first-order chi connectivity index (χ1) is 8.00. The van der Waals surface area contributed by atoms with Crippen LogP contribution < -0.4 is 0 Å². The largest absolute Gasteiger partial charge is 0.390 e. The Hall–Kier alpha value is -0.990. The second-order valence-electron chi connectivity index (χ2n) is 4.26. The number of hydrogen-bond acceptors (Lipinski definition) is 5. The summed E-state index contributed by atoms with van der Waals surface area (Å²) >= 11 is 0. The maximum absolute atomic E-state index is 11.5. The zero-order valence-electron chi connectivity index (χ0n) is 9.65. The molecule has 1 atom stereocenters. The highest BCUT2D eigenvalue weighted by atomic mass is 32.2. The molecule has 2 heterocycles. The fraction of sp³-hybridized carbons (Fsp3) is 0.778. The van der Waals surface area contributed by atoms with Gasteiger partial charge in [0.1, 0.15) is 5.69 Å². The third-order valence-electron chi connectivity index (χ3n) is 2.90. The van der Waals surface area contributed by atoms with Crippen molar-refractivity contribution in [3.63, 3.8) is 0 Å². The quantitative estimate of drug-likeness (QED) is 0.765. The van der Waals surface area contributed by atoms with Crippen molar-refractivity contribution in [2.75, 3.05) is 12.8 Å². The van der Waals surface area contributed by atoms with E-state index in [9.17, 15) is 8.42 Å². The van der Waals surface area contributed by atoms with Crippen molar-refractivity contribution in [3.8, 4) is 0 Å². The van der Waals surface area contributed by atoms with Gasteiger partial charge in [-0.15, -0.1) is 5.10 Å². The molecule has 1 saturated heterocycles. The van der Waals surface area contributed by atoms with Crippen LogP contribution in [0.4, 0.5) is 0 Å². The second kappa shape index (κ2) is 4.71. The Morgan fingerprint density at radius 1 is 1.59 bits per heavy atom. The summed E-state index contributed by atoms with van der Waals surface area (Å²) in [5, 5.41) is 16.5. The number of nitrogens with zero attached hydrogens (tertiary/aromatic N) is 4. The molecule has 0 saturated carbocycles. The Morgan fingerprint density at radius 3 is 2.94 bits per heavy atom. The minimum atomic E-state index is -3.15. The first kappa shape index (κ1) is 12.5. The van der Waals surface area contributed by atoms with Gasteiger partial charge in [0.15, 0.2) is 0 Å². The summed E-state index contributed by atoms with van der Waals surface area (Å²) in [6.45, 7) is 0.908. The molecule has 0 spiro atoms. The molecule has 1 fully saturated rings. The van der Waals surface area contributed by atoms with E-state index in [1.54, 1.807) is 10.9 Å². The monoisotopic (exact) mass is 260 g/mol. The smallest absolute Gasteiger partial charge is 0.211 e. The minimum absolute atomic E-state index is 0.0572. The summed E-state index contributed by atoms with van der Waals surface area (Å²) in [6.07, 6.45) is 4.57. The van der Waals surface area contributed by atoms with E-state index < -0.39 is 10.0 Å². The lowest BCUT2D eigenvalue weighted by molar-refractivity contribution is 0.276. The van der Waals surface area contributed by atoms with Gasteiger partial charge in [-0.1, -0.05) is 5.21 Å². The molecule has 8 heteroatoms. The van der Waals surface area contributed by atoms with Crippen LogP contribution >= 0.6 is 0 Å². The van der Waals surface area contributed by atoms with E-state index in [2.05, 4.69) is 10.3 Å². The molecule has 1 aromatic rings. The molecule has 1 aliphatic heterocycles. The Morgan fingerprint density at radius 2 is 2.35 bits per heavy atom. The lowest BCUT2D eigenvalue weighted by Crippen LogP contribution is -2.37. The number of aliphatic hydroxyl groups is 1. The zero-order valence-corrected chi connectivity index (χ0v) is 10.5. The molecule has 0 amide bonds. The molecular formula is C9H16N4O3S. The summed E-state index contributed by atoms with van der Waals surface area (Å²) < 4.78 is 26.2. The van der Waals surface area contributed by atoms with Crippen LogP contribution in [0.1, 0.15) is 18.5 Å². The summed E-state index contributed by atoms with van der Waals surface area (Å²) in [6, 6.07) is -0.0572. The molecule has 17 heavy (non-hydrogen) atoms. The van der Waals surface area contributed by atoms with Crippen LogP contribution in [0.3, 0.4) is 0 Å². The van der Waals surface area contributed by atoms with Gasteiger partial charge in [0.2, 0.25) is 10.0 Å². The Labute approximate surface area is 100 Å². The molecule has 1 aromatic heterocycles. The van der Waals surface area contributed by atoms with E-state index in [1.165, 1.54) is 10.6 Å². The van der Waals surface area contributed by atoms with E-state index in [4.69, 9.17) is 5.11 Å². The lowest BCUT2D eigenvalue weighted by Gasteiger charge is -2.21. The molecule has 1 aliphatic rings. The number of aromatic nitrogens is 3. The van der Waals surface area contributed by atoms with Crippen LogP contribution in [0.25, 0.3) is 0 Å². The van der Waals surface area contributed by atoms with Gasteiger partial charge in [0.25, 0.3) is 0 Å². The zero-order chi connectivity index (χ0) is 12.5. The number of aliphatic hydroxyl groups excluding tert-OH is 1. The van der Waals surface area contributed by atoms with Crippen LogP contribution in [0.5, 0.6) is 0 Å². The minimum Gasteiger partial charge on any atom is -0.390 e. The predicted molar refractivity (Wildman–Crippen MR) is 60.5 cm³/mol. The van der Waals surface area contributed by atoms with Crippen molar-refractivity contribution in [2.24, 2.45) is 0 Å². The summed E-state index contributed by atoms with van der Waals surface area (Å²) in [5.41, 5.74) is 0.494. The molecular weight excluding hydrogens is 244 g/mol. The number of hydrogen-bond donors (Lipinski definition) is 1. The van der Waals surface area contributed by atoms with Gasteiger partial charge < -0.3 is 5.11 Å². The van der Waals surface area contributed by atoms with Crippen LogP contribution in [0, 0.1) is 0 Å². The van der Waals surface area contributed by atoms with Crippen molar-refractivity contribution in [1.82, 2.24) is 19.3 Å². The van der Waals surface area contributed by atoms with Gasteiger partial charge in [-0.3, -0.25) is 4.68 Å². The highest BCUT2D eigenvalue weighted by molar-refractivity contribution is 7.88. The van der Waals surface area contributed by atoms with Crippen LogP contribution in [0.2, 0.25) is 0 Å². The second-order valence-corrected chi connectivity index (χ2v) is 6.19. The molecule has 2 rings (SSSR count). The normalized spacial score (nSPS) is 22.1. The molecule has 7 nitrogen and oxygen atoms in total. The van der Waals surface area contributed by atoms with Crippen LogP contribution in [-0.2, 0) is 23.2 Å². The van der Waals surface area contributed by atoms with Gasteiger partial charge in [-0.05, 0) is 12.8 Å². The van der Waals surface area contributed by atoms with Gasteiger partial charge in [0, 0.05) is 12.6 Å². The third kappa shape index (κ3) is 2.82. The number of rotatable bonds is 4. The molecule has 0 radical (unpaired) electrons. The maximum atomic E-state index is 11.5. The first-order valence-corrected chi connectivity index (χ1v) is 7.32. The first-order valence-electron chi connectivity index (χ1n) is 5.47. The summed E-state index contributed by atoms with van der Waals surface area (Å²) in [5.74, 6) is 0. The SMILES string of the molecule is CS(=O)(=O)N1CCCC1Cn1cc(CO)nn1. The van der Waals surface area contributed by atoms with E-state index >= 15 is 0 Å². The third-order valence-corrected chi connectivity index (χ3v) is 4.23. The summed E-state index contributed by atoms with van der Waals surface area (Å²) in [4.78, 5) is 0. The van der Waals surface area contributed by atoms with Gasteiger partial charge in [-0.25, -0.2) is 8.42 Å². The fourth-order valence-electron chi connectivity index (χ4n) is 2.14. The molecule has 0 bridgehead atoms. The molecule has 96 valence electrons. The van der Waals surface area contributed by atoms with Crippen molar-refractivity contribution >= 4 is 10.0 Å². The van der Waals surface area contributed by atoms with Gasteiger partial charge >= 0.3 is 0 Å². The van der Waals surface area contributed by atoms with Gasteiger partial charge in [-0.2, -0.15) is 4.31 Å². The average molecular weight is 260 g/mol. The van der Waals surface area contributed by atoms with Crippen molar-refractivity contribution in [2.45, 2.75) is 32.0 Å². The highest BCUT2D eigenvalue weighted by Gasteiger charge is 2.31. The molecule has 0 aliphatic carbocycles. The standard InChI is InChI=1S/C9H16N4O3S/c1-17(15,16)13-4-2-3-9(13)6-12-5-8(7-14)10-11-12/h5,9,14H,2-4,6-7H2,1H3. The Bertz CT molecular complexity index is 484. The number of sulfonamides is 1. The van der Waals surface area contributed by atoms with Crippen molar-refractivity contribution in [3.05, 3.63) is 11.9 Å². The summed E-state index contributed by atoms with van der Waals surface area (Å²) in [7, 11) is -3.15. The van der Waals surface area contributed by atoms with Crippen molar-refractivity contribution < 1.29 is 13.5 Å². The molecule has 0 aromatic carbocycles.